The molecule has 37 heavy (non-hydrogen) atoms. The van der Waals surface area contributed by atoms with Crippen LogP contribution in [0.15, 0.2) is 24.3 Å². The molecule has 4 aromatic heterocycles. The van der Waals surface area contributed by atoms with Crippen molar-refractivity contribution < 1.29 is 31.1 Å². The molecular formula is C22H19F6N7OS. The highest BCUT2D eigenvalue weighted by Gasteiger charge is 2.39. The van der Waals surface area contributed by atoms with E-state index in [0.29, 0.717) is 6.42 Å². The molecule has 4 rings (SSSR count). The van der Waals surface area contributed by atoms with Crippen molar-refractivity contribution in [3.05, 3.63) is 40.4 Å². The average molecular weight is 543 g/mol. The van der Waals surface area contributed by atoms with Crippen LogP contribution in [0.1, 0.15) is 29.5 Å². The molecule has 196 valence electrons. The first-order valence-electron chi connectivity index (χ1n) is 10.8. The van der Waals surface area contributed by atoms with Crippen molar-refractivity contribution in [2.45, 2.75) is 32.3 Å². The zero-order valence-corrected chi connectivity index (χ0v) is 20.1. The minimum absolute atomic E-state index is 0.0597. The molecule has 0 spiro atoms. The van der Waals surface area contributed by atoms with E-state index in [1.165, 1.54) is 25.3 Å². The number of rotatable bonds is 7. The van der Waals surface area contributed by atoms with Crippen molar-refractivity contribution in [1.29, 1.82) is 0 Å². The Morgan fingerprint density at radius 2 is 1.76 bits per heavy atom. The molecule has 0 amide bonds. The summed E-state index contributed by atoms with van der Waals surface area (Å²) in [7, 11) is 1.37. The monoisotopic (exact) mass is 543 g/mol. The van der Waals surface area contributed by atoms with Gasteiger partial charge in [0.1, 0.15) is 22.9 Å². The molecule has 0 atom stereocenters. The van der Waals surface area contributed by atoms with Crippen LogP contribution in [-0.4, -0.2) is 38.2 Å². The zero-order valence-electron chi connectivity index (χ0n) is 19.3. The maximum Gasteiger partial charge on any atom is 0.429 e. The zero-order chi connectivity index (χ0) is 27.0. The van der Waals surface area contributed by atoms with Gasteiger partial charge in [-0.15, -0.1) is 5.10 Å². The second-order valence-electron chi connectivity index (χ2n) is 7.85. The van der Waals surface area contributed by atoms with Gasteiger partial charge in [0.2, 0.25) is 0 Å². The van der Waals surface area contributed by atoms with Crippen LogP contribution in [0.5, 0.6) is 0 Å². The van der Waals surface area contributed by atoms with Gasteiger partial charge >= 0.3 is 12.4 Å². The number of nitrogens with two attached hydrogens (primary N) is 1. The van der Waals surface area contributed by atoms with Gasteiger partial charge in [-0.25, -0.2) is 15.0 Å². The molecule has 0 aliphatic carbocycles. The van der Waals surface area contributed by atoms with Crippen LogP contribution in [0, 0.1) is 0 Å². The molecule has 0 aliphatic heterocycles. The molecule has 0 radical (unpaired) electrons. The van der Waals surface area contributed by atoms with Gasteiger partial charge in [-0.2, -0.15) is 26.3 Å². The molecule has 0 aliphatic rings. The summed E-state index contributed by atoms with van der Waals surface area (Å²) in [6.07, 6.45) is -8.99. The highest BCUT2D eigenvalue weighted by Crippen LogP contribution is 2.44. The van der Waals surface area contributed by atoms with Crippen molar-refractivity contribution in [3.63, 3.8) is 0 Å². The number of nitrogens with zero attached hydrogens (tertiary/aromatic N) is 5. The lowest BCUT2D eigenvalue weighted by Gasteiger charge is -2.20. The summed E-state index contributed by atoms with van der Waals surface area (Å²) in [4.78, 5) is 11.3. The Labute approximate surface area is 210 Å². The lowest BCUT2D eigenvalue weighted by atomic mass is 9.96. The first-order chi connectivity index (χ1) is 17.4. The minimum Gasteiger partial charge on any atom is -0.384 e. The molecule has 0 fully saturated rings. The smallest absolute Gasteiger partial charge is 0.384 e. The number of nitrogens with one attached hydrogen (secondary N) is 1. The van der Waals surface area contributed by atoms with Gasteiger partial charge in [0.05, 0.1) is 18.0 Å². The number of hydrogen-bond donors (Lipinski definition) is 2. The van der Waals surface area contributed by atoms with Crippen LogP contribution in [0.3, 0.4) is 0 Å². The molecule has 0 bridgehead atoms. The highest BCUT2D eigenvalue weighted by atomic mass is 32.1. The SMILES string of the molecule is CCCNc1nc(N)cc(-c2cc(COC)nc3nc(-c4nnsc4C(F)(F)F)ccc23)c1C(F)(F)F. The number of halogens is 6. The minimum atomic E-state index is -4.82. The number of pyridine rings is 3. The summed E-state index contributed by atoms with van der Waals surface area (Å²) in [5.74, 6) is -0.594. The van der Waals surface area contributed by atoms with Crippen LogP contribution < -0.4 is 11.1 Å². The number of anilines is 2. The van der Waals surface area contributed by atoms with Crippen molar-refractivity contribution >= 4 is 34.2 Å². The molecule has 4 aromatic rings. The standard InChI is InChI=1S/C22H19F6N7OS/c1-3-6-30-20-16(21(23,24)25)13(8-15(29)33-20)12-7-10(9-36-2)31-19-11(12)4-5-14(32-19)17-18(22(26,27)28)37-35-34-17/h4-5,7-8H,3,6,9H2,1-2H3,(H3,29,30,33). The van der Waals surface area contributed by atoms with Crippen LogP contribution in [0.25, 0.3) is 33.5 Å². The fourth-order valence-electron chi connectivity index (χ4n) is 3.71. The van der Waals surface area contributed by atoms with Crippen LogP contribution in [0.4, 0.5) is 38.0 Å². The maximum absolute atomic E-state index is 14.3. The molecule has 0 aromatic carbocycles. The highest BCUT2D eigenvalue weighted by molar-refractivity contribution is 7.06. The number of aromatic nitrogens is 5. The number of nitrogen functional groups attached to an aromatic ring is 1. The third kappa shape index (κ3) is 5.41. The number of ether oxygens (including phenoxy) is 1. The van der Waals surface area contributed by atoms with E-state index in [1.54, 1.807) is 6.92 Å². The van der Waals surface area contributed by atoms with Gasteiger partial charge in [0.15, 0.2) is 10.5 Å². The fraction of sp³-hybridized carbons (Fsp3) is 0.318. The van der Waals surface area contributed by atoms with E-state index in [0.717, 1.165) is 6.07 Å². The summed E-state index contributed by atoms with van der Waals surface area (Å²) in [5.41, 5.74) is 4.01. The predicted octanol–water partition coefficient (Wildman–Crippen LogP) is 5.80. The van der Waals surface area contributed by atoms with Crippen molar-refractivity contribution in [2.75, 3.05) is 24.7 Å². The van der Waals surface area contributed by atoms with Gasteiger partial charge in [-0.05, 0) is 47.8 Å². The summed E-state index contributed by atoms with van der Waals surface area (Å²) in [6, 6.07) is 5.05. The third-order valence-corrected chi connectivity index (χ3v) is 5.93. The van der Waals surface area contributed by atoms with Gasteiger partial charge in [-0.1, -0.05) is 11.4 Å². The Morgan fingerprint density at radius 3 is 2.41 bits per heavy atom. The van der Waals surface area contributed by atoms with Crippen LogP contribution in [0.2, 0.25) is 0 Å². The van der Waals surface area contributed by atoms with E-state index in [4.69, 9.17) is 10.5 Å². The number of methoxy groups -OCH3 is 1. The Bertz CT molecular complexity index is 1440. The number of hydrogen-bond acceptors (Lipinski definition) is 9. The third-order valence-electron chi connectivity index (χ3n) is 5.16. The summed E-state index contributed by atoms with van der Waals surface area (Å²) in [6.45, 7) is 1.91. The molecule has 4 heterocycles. The second-order valence-corrected chi connectivity index (χ2v) is 8.61. The van der Waals surface area contributed by atoms with Crippen LogP contribution in [-0.2, 0) is 23.7 Å². The maximum atomic E-state index is 14.3. The lowest BCUT2D eigenvalue weighted by Crippen LogP contribution is -2.16. The average Bonchev–Trinajstić information content (AvgIpc) is 3.31. The topological polar surface area (TPSA) is 112 Å². The quantitative estimate of drug-likeness (QED) is 0.282. The molecule has 3 N–H and O–H groups in total. The molecule has 0 saturated heterocycles. The molecule has 0 saturated carbocycles. The molecular weight excluding hydrogens is 524 g/mol. The van der Waals surface area contributed by atoms with Gasteiger partial charge in [-0.3, -0.25) is 0 Å². The largest absolute Gasteiger partial charge is 0.429 e. The lowest BCUT2D eigenvalue weighted by molar-refractivity contribution is -0.136. The Morgan fingerprint density at radius 1 is 1.00 bits per heavy atom. The molecule has 8 nitrogen and oxygen atoms in total. The van der Waals surface area contributed by atoms with E-state index in [2.05, 4.69) is 29.9 Å². The molecule has 0 unspecified atom stereocenters. The van der Waals surface area contributed by atoms with E-state index in [-0.39, 0.29) is 64.1 Å². The first-order valence-corrected chi connectivity index (χ1v) is 11.5. The summed E-state index contributed by atoms with van der Waals surface area (Å²) < 4.78 is 91.6. The van der Waals surface area contributed by atoms with Gasteiger partial charge in [0, 0.05) is 24.6 Å². The number of alkyl halides is 6. The van der Waals surface area contributed by atoms with E-state index in [1.807, 2.05) is 0 Å². The van der Waals surface area contributed by atoms with Crippen molar-refractivity contribution in [3.8, 4) is 22.5 Å². The Kier molecular flexibility index (Phi) is 7.19. The van der Waals surface area contributed by atoms with E-state index >= 15 is 0 Å². The van der Waals surface area contributed by atoms with E-state index in [9.17, 15) is 26.3 Å². The van der Waals surface area contributed by atoms with Gasteiger partial charge in [0.25, 0.3) is 0 Å². The first kappa shape index (κ1) is 26.5. The summed E-state index contributed by atoms with van der Waals surface area (Å²) >= 11 is 0.163. The van der Waals surface area contributed by atoms with E-state index < -0.39 is 34.3 Å². The molecule has 15 heteroatoms. The van der Waals surface area contributed by atoms with Crippen LogP contribution >= 0.6 is 11.5 Å². The second kappa shape index (κ2) is 10.0. The fourth-order valence-corrected chi connectivity index (χ4v) is 4.25. The van der Waals surface area contributed by atoms with Crippen molar-refractivity contribution in [1.82, 2.24) is 24.5 Å². The summed E-state index contributed by atoms with van der Waals surface area (Å²) in [5, 5.41) is 6.37. The normalized spacial score (nSPS) is 12.3. The van der Waals surface area contributed by atoms with Crippen molar-refractivity contribution in [2.24, 2.45) is 0 Å². The predicted molar refractivity (Wildman–Crippen MR) is 126 cm³/mol. The Balaban J connectivity index is 2.00. The Hall–Kier alpha value is -3.59. The number of fused-ring (bicyclic) bond motifs is 1. The van der Waals surface area contributed by atoms with Gasteiger partial charge < -0.3 is 15.8 Å².